The molecule has 1 N–H and O–H groups in total. The molecule has 0 heterocycles. The second-order valence-corrected chi connectivity index (χ2v) is 8.43. The highest BCUT2D eigenvalue weighted by Crippen LogP contribution is 2.65. The van der Waals surface area contributed by atoms with Crippen molar-refractivity contribution in [3.63, 3.8) is 0 Å². The fourth-order valence-electron chi connectivity index (χ4n) is 5.46. The van der Waals surface area contributed by atoms with Gasteiger partial charge in [0.1, 0.15) is 0 Å². The predicted octanol–water partition coefficient (Wildman–Crippen LogP) is 6.27. The van der Waals surface area contributed by atoms with Crippen LogP contribution in [0.1, 0.15) is 70.4 Å². The van der Waals surface area contributed by atoms with E-state index in [2.05, 4.69) is 45.0 Å². The zero-order valence-corrected chi connectivity index (χ0v) is 16.4. The number of hydrogen-bond acceptors (Lipinski definition) is 1. The van der Waals surface area contributed by atoms with Crippen LogP contribution in [0, 0.1) is 17.3 Å². The van der Waals surface area contributed by atoms with Crippen molar-refractivity contribution in [3.05, 3.63) is 53.1 Å². The Kier molecular flexibility index (Phi) is 5.70. The van der Waals surface area contributed by atoms with E-state index in [-0.39, 0.29) is 0 Å². The minimum Gasteiger partial charge on any atom is -0.478 e. The molecule has 4 rings (SSSR count). The van der Waals surface area contributed by atoms with E-state index < -0.39 is 5.97 Å². The first-order valence-electron chi connectivity index (χ1n) is 10.2. The summed E-state index contributed by atoms with van der Waals surface area (Å²) in [6.45, 7) is 6.84. The lowest BCUT2D eigenvalue weighted by Gasteiger charge is -2.39. The fourth-order valence-corrected chi connectivity index (χ4v) is 5.46. The van der Waals surface area contributed by atoms with E-state index in [9.17, 15) is 4.79 Å². The smallest absolute Gasteiger partial charge is 0.327 e. The first kappa shape index (κ1) is 18.9. The Hall–Kier alpha value is -1.83. The summed E-state index contributed by atoms with van der Waals surface area (Å²) in [5.74, 6) is 0.355. The van der Waals surface area contributed by atoms with Crippen molar-refractivity contribution in [1.82, 2.24) is 0 Å². The molecule has 2 nitrogen and oxygen atoms in total. The van der Waals surface area contributed by atoms with Gasteiger partial charge in [-0.1, -0.05) is 56.2 Å². The van der Waals surface area contributed by atoms with Gasteiger partial charge in [0, 0.05) is 6.08 Å². The molecule has 2 bridgehead atoms. The SMILES string of the molecule is CCC/C(=C(/C)CC12CC(C1)[C@H](/C=C/C(=O)O)C2)c1ccccc1CC. The number of hydrogen-bond donors (Lipinski definition) is 1. The summed E-state index contributed by atoms with van der Waals surface area (Å²) in [6, 6.07) is 8.87. The minimum atomic E-state index is -0.819. The Labute approximate surface area is 158 Å². The lowest BCUT2D eigenvalue weighted by molar-refractivity contribution is -0.131. The topological polar surface area (TPSA) is 37.3 Å². The largest absolute Gasteiger partial charge is 0.478 e. The van der Waals surface area contributed by atoms with Crippen LogP contribution in [0.3, 0.4) is 0 Å². The van der Waals surface area contributed by atoms with Gasteiger partial charge in [0.05, 0.1) is 0 Å². The van der Waals surface area contributed by atoms with Gasteiger partial charge in [-0.05, 0) is 79.4 Å². The molecule has 3 aliphatic carbocycles. The number of carboxylic acids is 1. The summed E-state index contributed by atoms with van der Waals surface area (Å²) in [5.41, 5.74) is 6.42. The lowest BCUT2D eigenvalue weighted by Crippen LogP contribution is -2.28. The van der Waals surface area contributed by atoms with Crippen LogP contribution in [-0.4, -0.2) is 11.1 Å². The summed E-state index contributed by atoms with van der Waals surface area (Å²) in [4.78, 5) is 10.8. The molecule has 0 saturated heterocycles. The molecule has 26 heavy (non-hydrogen) atoms. The molecule has 0 aliphatic heterocycles. The van der Waals surface area contributed by atoms with E-state index >= 15 is 0 Å². The highest BCUT2D eigenvalue weighted by molar-refractivity contribution is 5.79. The average Bonchev–Trinajstić information content (AvgIpc) is 3.12. The summed E-state index contributed by atoms with van der Waals surface area (Å²) in [7, 11) is 0. The second-order valence-electron chi connectivity index (χ2n) is 8.43. The minimum absolute atomic E-state index is 0.419. The van der Waals surface area contributed by atoms with Gasteiger partial charge in [-0.25, -0.2) is 4.79 Å². The zero-order chi connectivity index (χ0) is 18.7. The molecule has 0 aromatic heterocycles. The van der Waals surface area contributed by atoms with Crippen molar-refractivity contribution in [3.8, 4) is 0 Å². The van der Waals surface area contributed by atoms with Gasteiger partial charge >= 0.3 is 5.97 Å². The van der Waals surface area contributed by atoms with Crippen LogP contribution in [0.25, 0.3) is 5.57 Å². The second kappa shape index (κ2) is 7.82. The number of allylic oxidation sites excluding steroid dienone is 3. The van der Waals surface area contributed by atoms with Gasteiger partial charge in [-0.2, -0.15) is 0 Å². The van der Waals surface area contributed by atoms with E-state index in [4.69, 9.17) is 5.11 Å². The van der Waals surface area contributed by atoms with E-state index in [0.717, 1.165) is 19.3 Å². The van der Waals surface area contributed by atoms with Crippen LogP contribution in [0.5, 0.6) is 0 Å². The van der Waals surface area contributed by atoms with Gasteiger partial charge < -0.3 is 5.11 Å². The van der Waals surface area contributed by atoms with Crippen molar-refractivity contribution < 1.29 is 9.90 Å². The van der Waals surface area contributed by atoms with E-state index in [1.54, 1.807) is 11.1 Å². The third kappa shape index (κ3) is 3.79. The molecule has 3 aliphatic rings. The van der Waals surface area contributed by atoms with Crippen molar-refractivity contribution in [2.24, 2.45) is 17.3 Å². The van der Waals surface area contributed by atoms with Crippen LogP contribution in [0.4, 0.5) is 0 Å². The Bertz CT molecular complexity index is 719. The van der Waals surface area contributed by atoms with Gasteiger partial charge in [0.25, 0.3) is 0 Å². The molecule has 0 spiro atoms. The summed E-state index contributed by atoms with van der Waals surface area (Å²) < 4.78 is 0. The molecule has 2 heteroatoms. The van der Waals surface area contributed by atoms with Gasteiger partial charge in [-0.3, -0.25) is 0 Å². The number of rotatable bonds is 8. The zero-order valence-electron chi connectivity index (χ0n) is 16.4. The van der Waals surface area contributed by atoms with Gasteiger partial charge in [0.15, 0.2) is 0 Å². The number of fused-ring (bicyclic) bond motifs is 1. The van der Waals surface area contributed by atoms with E-state index in [1.807, 2.05) is 6.08 Å². The first-order chi connectivity index (χ1) is 12.5. The lowest BCUT2D eigenvalue weighted by atomic mass is 9.65. The standard InChI is InChI=1S/C24H32O2/c1-4-8-21(22-10-7-6-9-18(22)5-2)17(3)13-24-14-19(11-12-23(25)26)20(15-24)16-24/h6-7,9-12,19-20H,4-5,8,13-16H2,1-3H3,(H,25,26)/b12-11+,21-17+/t19-,20?,24?/m1/s1. The molecule has 1 atom stereocenters. The van der Waals surface area contributed by atoms with E-state index in [0.29, 0.717) is 17.3 Å². The third-order valence-electron chi connectivity index (χ3n) is 6.53. The van der Waals surface area contributed by atoms with Gasteiger partial charge in [-0.15, -0.1) is 0 Å². The van der Waals surface area contributed by atoms with Crippen molar-refractivity contribution in [1.29, 1.82) is 0 Å². The highest BCUT2D eigenvalue weighted by atomic mass is 16.4. The molecular formula is C24H32O2. The van der Waals surface area contributed by atoms with Crippen LogP contribution in [-0.2, 0) is 11.2 Å². The molecular weight excluding hydrogens is 320 g/mol. The number of carbonyl (C=O) groups is 1. The van der Waals surface area contributed by atoms with Gasteiger partial charge in [0.2, 0.25) is 0 Å². The maximum Gasteiger partial charge on any atom is 0.327 e. The number of benzene rings is 1. The Balaban J connectivity index is 1.80. The third-order valence-corrected chi connectivity index (χ3v) is 6.53. The quantitative estimate of drug-likeness (QED) is 0.560. The Morgan fingerprint density at radius 2 is 1.96 bits per heavy atom. The monoisotopic (exact) mass is 352 g/mol. The molecule has 140 valence electrons. The summed E-state index contributed by atoms with van der Waals surface area (Å²) in [6.07, 6.45) is 11.6. The maximum atomic E-state index is 10.8. The molecule has 3 saturated carbocycles. The van der Waals surface area contributed by atoms with Crippen LogP contribution >= 0.6 is 0 Å². The summed E-state index contributed by atoms with van der Waals surface area (Å²) >= 11 is 0. The van der Waals surface area contributed by atoms with Crippen molar-refractivity contribution in [2.45, 2.75) is 65.7 Å². The Morgan fingerprint density at radius 1 is 1.23 bits per heavy atom. The maximum absolute atomic E-state index is 10.8. The Morgan fingerprint density at radius 3 is 2.62 bits per heavy atom. The summed E-state index contributed by atoms with van der Waals surface area (Å²) in [5, 5.41) is 8.90. The highest BCUT2D eigenvalue weighted by Gasteiger charge is 2.54. The molecule has 0 unspecified atom stereocenters. The van der Waals surface area contributed by atoms with Crippen LogP contribution in [0.2, 0.25) is 0 Å². The van der Waals surface area contributed by atoms with E-state index in [1.165, 1.54) is 42.9 Å². The molecule has 1 aromatic carbocycles. The molecule has 0 amide bonds. The van der Waals surface area contributed by atoms with Crippen molar-refractivity contribution >= 4 is 11.5 Å². The predicted molar refractivity (Wildman–Crippen MR) is 108 cm³/mol. The normalized spacial score (nSPS) is 28.1. The number of aliphatic carboxylic acids is 1. The first-order valence-corrected chi connectivity index (χ1v) is 10.2. The molecule has 3 fully saturated rings. The van der Waals surface area contributed by atoms with Crippen LogP contribution in [0.15, 0.2) is 42.0 Å². The number of carboxylic acid groups (broad SMARTS) is 1. The molecule has 1 aromatic rings. The van der Waals surface area contributed by atoms with Crippen molar-refractivity contribution in [2.75, 3.05) is 0 Å². The fraction of sp³-hybridized carbons (Fsp3) is 0.542. The molecule has 0 radical (unpaired) electrons. The van der Waals surface area contributed by atoms with Crippen LogP contribution < -0.4 is 0 Å². The number of aryl methyl sites for hydroxylation is 1. The average molecular weight is 353 g/mol.